The lowest BCUT2D eigenvalue weighted by Crippen LogP contribution is -1.95. The number of phenols is 2. The third-order valence-electron chi connectivity index (χ3n) is 2.77. The number of phenolic OH excluding ortho intramolecular Hbond substituents is 2. The molecule has 2 heteroatoms. The topological polar surface area (TPSA) is 40.5 Å². The third-order valence-corrected chi connectivity index (χ3v) is 2.77. The van der Waals surface area contributed by atoms with Crippen molar-refractivity contribution in [3.63, 3.8) is 0 Å². The number of hydrogen-bond donors (Lipinski definition) is 2. The van der Waals surface area contributed by atoms with Gasteiger partial charge in [0.2, 0.25) is 0 Å². The smallest absolute Gasteiger partial charge is 0.119 e. The summed E-state index contributed by atoms with van der Waals surface area (Å²) >= 11 is 0. The number of benzene rings is 2. The van der Waals surface area contributed by atoms with Crippen molar-refractivity contribution in [1.82, 2.24) is 0 Å². The fraction of sp³-hybridized carbons (Fsp3) is 0.143. The van der Waals surface area contributed by atoms with Crippen molar-refractivity contribution in [2.75, 3.05) is 0 Å². The first-order valence-corrected chi connectivity index (χ1v) is 5.25. The van der Waals surface area contributed by atoms with Crippen LogP contribution >= 0.6 is 0 Å². The van der Waals surface area contributed by atoms with E-state index >= 15 is 0 Å². The number of rotatable bonds is 2. The van der Waals surface area contributed by atoms with Crippen molar-refractivity contribution in [2.45, 2.75) is 12.8 Å². The van der Waals surface area contributed by atoms with Gasteiger partial charge in [0.05, 0.1) is 0 Å². The van der Waals surface area contributed by atoms with E-state index in [-0.39, 0.29) is 11.7 Å². The Balaban J connectivity index is 2.39. The Morgan fingerprint density at radius 3 is 2.38 bits per heavy atom. The molecule has 2 aromatic carbocycles. The lowest BCUT2D eigenvalue weighted by molar-refractivity contribution is 0.464. The summed E-state index contributed by atoms with van der Waals surface area (Å²) in [6, 6.07) is 14.4. The Labute approximate surface area is 94.8 Å². The van der Waals surface area contributed by atoms with E-state index in [0.29, 0.717) is 5.75 Å². The van der Waals surface area contributed by atoms with Gasteiger partial charge in [0.25, 0.3) is 0 Å². The minimum Gasteiger partial charge on any atom is -0.508 e. The predicted molar refractivity (Wildman–Crippen MR) is 63.7 cm³/mol. The molecule has 82 valence electrons. The van der Waals surface area contributed by atoms with Crippen molar-refractivity contribution in [3.8, 4) is 11.5 Å². The highest BCUT2D eigenvalue weighted by atomic mass is 16.3. The van der Waals surface area contributed by atoms with Crippen molar-refractivity contribution >= 4 is 0 Å². The van der Waals surface area contributed by atoms with Crippen LogP contribution in [0.2, 0.25) is 0 Å². The van der Waals surface area contributed by atoms with Crippen LogP contribution in [0.1, 0.15) is 24.0 Å². The summed E-state index contributed by atoms with van der Waals surface area (Å²) in [5, 5.41) is 19.2. The van der Waals surface area contributed by atoms with E-state index in [9.17, 15) is 10.2 Å². The Kier molecular flexibility index (Phi) is 2.82. The van der Waals surface area contributed by atoms with Crippen LogP contribution in [0.25, 0.3) is 0 Å². The molecule has 2 aromatic rings. The summed E-state index contributed by atoms with van der Waals surface area (Å²) in [7, 11) is 0. The molecule has 0 spiro atoms. The van der Waals surface area contributed by atoms with Gasteiger partial charge in [-0.15, -0.1) is 0 Å². The monoisotopic (exact) mass is 214 g/mol. The second-order valence-corrected chi connectivity index (χ2v) is 3.88. The molecular weight excluding hydrogens is 200 g/mol. The second kappa shape index (κ2) is 4.27. The van der Waals surface area contributed by atoms with Crippen LogP contribution in [-0.2, 0) is 0 Å². The van der Waals surface area contributed by atoms with Crippen LogP contribution < -0.4 is 0 Å². The molecule has 0 amide bonds. The molecule has 0 fully saturated rings. The summed E-state index contributed by atoms with van der Waals surface area (Å²) in [6.07, 6.45) is 0. The zero-order chi connectivity index (χ0) is 11.5. The Morgan fingerprint density at radius 1 is 0.938 bits per heavy atom. The van der Waals surface area contributed by atoms with E-state index in [4.69, 9.17) is 0 Å². The molecular formula is C14H14O2. The molecule has 0 aromatic heterocycles. The Hall–Kier alpha value is -1.96. The highest BCUT2D eigenvalue weighted by Gasteiger charge is 2.12. The number of para-hydroxylation sites is 1. The zero-order valence-corrected chi connectivity index (χ0v) is 9.09. The highest BCUT2D eigenvalue weighted by Crippen LogP contribution is 2.31. The van der Waals surface area contributed by atoms with E-state index in [1.54, 1.807) is 30.3 Å². The van der Waals surface area contributed by atoms with E-state index in [2.05, 4.69) is 0 Å². The van der Waals surface area contributed by atoms with Gasteiger partial charge in [-0.25, -0.2) is 0 Å². The van der Waals surface area contributed by atoms with Gasteiger partial charge >= 0.3 is 0 Å². The van der Waals surface area contributed by atoms with Gasteiger partial charge in [0.1, 0.15) is 11.5 Å². The van der Waals surface area contributed by atoms with Gasteiger partial charge in [-0.1, -0.05) is 37.3 Å². The lowest BCUT2D eigenvalue weighted by Gasteiger charge is -2.14. The second-order valence-electron chi connectivity index (χ2n) is 3.88. The molecule has 1 atom stereocenters. The van der Waals surface area contributed by atoms with Crippen LogP contribution in [0.5, 0.6) is 11.5 Å². The van der Waals surface area contributed by atoms with Crippen LogP contribution in [0.3, 0.4) is 0 Å². The average Bonchev–Trinajstić information content (AvgIpc) is 2.29. The maximum Gasteiger partial charge on any atom is 0.119 e. The quantitative estimate of drug-likeness (QED) is 0.805. The predicted octanol–water partition coefficient (Wildman–Crippen LogP) is 3.25. The van der Waals surface area contributed by atoms with E-state index < -0.39 is 0 Å². The molecule has 1 unspecified atom stereocenters. The lowest BCUT2D eigenvalue weighted by atomic mass is 9.92. The maximum absolute atomic E-state index is 9.75. The first kappa shape index (κ1) is 10.6. The number of aromatic hydroxyl groups is 2. The molecule has 2 nitrogen and oxygen atoms in total. The summed E-state index contributed by atoms with van der Waals surface area (Å²) in [5.74, 6) is 0.603. The Bertz CT molecular complexity index is 492. The summed E-state index contributed by atoms with van der Waals surface area (Å²) < 4.78 is 0. The van der Waals surface area contributed by atoms with Crippen LogP contribution in [0.4, 0.5) is 0 Å². The van der Waals surface area contributed by atoms with Crippen molar-refractivity contribution < 1.29 is 10.2 Å². The largest absolute Gasteiger partial charge is 0.508 e. The zero-order valence-electron chi connectivity index (χ0n) is 9.09. The molecule has 0 saturated heterocycles. The molecule has 0 radical (unpaired) electrons. The molecule has 0 bridgehead atoms. The summed E-state index contributed by atoms with van der Waals surface area (Å²) in [5.41, 5.74) is 1.86. The molecule has 0 aliphatic heterocycles. The van der Waals surface area contributed by atoms with Crippen molar-refractivity contribution in [1.29, 1.82) is 0 Å². The molecule has 0 aliphatic carbocycles. The highest BCUT2D eigenvalue weighted by molar-refractivity contribution is 5.42. The van der Waals surface area contributed by atoms with Gasteiger partial charge in [-0.3, -0.25) is 0 Å². The minimum absolute atomic E-state index is 0.0632. The van der Waals surface area contributed by atoms with E-state index in [1.807, 2.05) is 25.1 Å². The SMILES string of the molecule is CC(c1cccc(O)c1)c1ccccc1O. The van der Waals surface area contributed by atoms with Crippen LogP contribution in [0, 0.1) is 0 Å². The Morgan fingerprint density at radius 2 is 1.69 bits per heavy atom. The van der Waals surface area contributed by atoms with E-state index in [0.717, 1.165) is 11.1 Å². The van der Waals surface area contributed by atoms with Crippen LogP contribution in [-0.4, -0.2) is 10.2 Å². The molecule has 16 heavy (non-hydrogen) atoms. The first-order chi connectivity index (χ1) is 7.68. The average molecular weight is 214 g/mol. The van der Waals surface area contributed by atoms with Gasteiger partial charge in [0, 0.05) is 11.5 Å². The van der Waals surface area contributed by atoms with Crippen molar-refractivity contribution in [3.05, 3.63) is 59.7 Å². The maximum atomic E-state index is 9.75. The molecule has 2 rings (SSSR count). The van der Waals surface area contributed by atoms with Gasteiger partial charge in [-0.2, -0.15) is 0 Å². The molecule has 0 aliphatic rings. The van der Waals surface area contributed by atoms with Crippen molar-refractivity contribution in [2.24, 2.45) is 0 Å². The third kappa shape index (κ3) is 2.01. The van der Waals surface area contributed by atoms with Gasteiger partial charge in [-0.05, 0) is 23.8 Å². The number of hydrogen-bond acceptors (Lipinski definition) is 2. The molecule has 0 heterocycles. The normalized spacial score (nSPS) is 12.3. The minimum atomic E-state index is 0.0632. The molecule has 2 N–H and O–H groups in total. The molecule has 0 saturated carbocycles. The van der Waals surface area contributed by atoms with Crippen LogP contribution in [0.15, 0.2) is 48.5 Å². The van der Waals surface area contributed by atoms with Gasteiger partial charge < -0.3 is 10.2 Å². The summed E-state index contributed by atoms with van der Waals surface area (Å²) in [4.78, 5) is 0. The fourth-order valence-corrected chi connectivity index (χ4v) is 1.83. The standard InChI is InChI=1S/C14H14O2/c1-10(11-5-4-6-12(15)9-11)13-7-2-3-8-14(13)16/h2-10,15-16H,1H3. The van der Waals surface area contributed by atoms with Gasteiger partial charge in [0.15, 0.2) is 0 Å². The summed E-state index contributed by atoms with van der Waals surface area (Å²) in [6.45, 7) is 2.00. The first-order valence-electron chi connectivity index (χ1n) is 5.25. The van der Waals surface area contributed by atoms with E-state index in [1.165, 1.54) is 0 Å². The fourth-order valence-electron chi connectivity index (χ4n) is 1.83.